The highest BCUT2D eigenvalue weighted by molar-refractivity contribution is 7.89. The van der Waals surface area contributed by atoms with Gasteiger partial charge in [0.15, 0.2) is 0 Å². The third-order valence-electron chi connectivity index (χ3n) is 6.35. The second kappa shape index (κ2) is 9.61. The monoisotopic (exact) mass is 494 g/mol. The third-order valence-corrected chi connectivity index (χ3v) is 8.42. The van der Waals surface area contributed by atoms with Gasteiger partial charge in [0, 0.05) is 82.4 Å². The van der Waals surface area contributed by atoms with Crippen LogP contribution in [0.1, 0.15) is 24.2 Å². The molecule has 9 nitrogen and oxygen atoms in total. The SMILES string of the molecule is CC(C)N1CCN(C(=O)c2cn(C)nc2S(=O)(=O)N2CCN(c3cccc(Cl)c3)CC2)CC1. The molecule has 0 bridgehead atoms. The molecule has 3 heterocycles. The maximum absolute atomic E-state index is 13.5. The van der Waals surface area contributed by atoms with Gasteiger partial charge in [0.1, 0.15) is 0 Å². The summed E-state index contributed by atoms with van der Waals surface area (Å²) in [6.45, 7) is 8.66. The Morgan fingerprint density at radius 3 is 2.30 bits per heavy atom. The number of carbonyl (C=O) groups excluding carboxylic acids is 1. The van der Waals surface area contributed by atoms with Crippen molar-refractivity contribution < 1.29 is 13.2 Å². The van der Waals surface area contributed by atoms with Crippen molar-refractivity contribution >= 4 is 33.2 Å². The summed E-state index contributed by atoms with van der Waals surface area (Å²) in [5.41, 5.74) is 1.11. The predicted molar refractivity (Wildman–Crippen MR) is 128 cm³/mol. The van der Waals surface area contributed by atoms with Gasteiger partial charge in [0.25, 0.3) is 15.9 Å². The zero-order valence-electron chi connectivity index (χ0n) is 19.3. The summed E-state index contributed by atoms with van der Waals surface area (Å²) in [4.78, 5) is 19.4. The van der Waals surface area contributed by atoms with Crippen LogP contribution in [0.15, 0.2) is 35.5 Å². The fourth-order valence-electron chi connectivity index (χ4n) is 4.40. The van der Waals surface area contributed by atoms with Crippen LogP contribution in [0.5, 0.6) is 0 Å². The highest BCUT2D eigenvalue weighted by Gasteiger charge is 2.36. The molecule has 11 heteroatoms. The molecule has 4 rings (SSSR count). The molecular weight excluding hydrogens is 464 g/mol. The number of piperazine rings is 2. The first-order valence-corrected chi connectivity index (χ1v) is 13.1. The molecule has 0 spiro atoms. The van der Waals surface area contributed by atoms with Crippen LogP contribution in [0, 0.1) is 0 Å². The fourth-order valence-corrected chi connectivity index (χ4v) is 6.12. The summed E-state index contributed by atoms with van der Waals surface area (Å²) in [6.07, 6.45) is 1.52. The second-order valence-corrected chi connectivity index (χ2v) is 11.1. The lowest BCUT2D eigenvalue weighted by molar-refractivity contribution is 0.0591. The van der Waals surface area contributed by atoms with E-state index in [1.165, 1.54) is 15.2 Å². The number of aryl methyl sites for hydroxylation is 1. The fraction of sp³-hybridized carbons (Fsp3) is 0.545. The van der Waals surface area contributed by atoms with Gasteiger partial charge in [-0.1, -0.05) is 17.7 Å². The number of hydrogen-bond acceptors (Lipinski definition) is 6. The number of benzene rings is 1. The minimum absolute atomic E-state index is 0.146. The molecule has 0 atom stereocenters. The van der Waals surface area contributed by atoms with E-state index in [0.29, 0.717) is 50.3 Å². The van der Waals surface area contributed by atoms with Crippen molar-refractivity contribution in [3.05, 3.63) is 41.0 Å². The lowest BCUT2D eigenvalue weighted by Crippen LogP contribution is -2.51. The van der Waals surface area contributed by atoms with Crippen molar-refractivity contribution in [2.75, 3.05) is 57.3 Å². The molecule has 0 unspecified atom stereocenters. The van der Waals surface area contributed by atoms with E-state index in [-0.39, 0.29) is 16.5 Å². The molecule has 2 saturated heterocycles. The van der Waals surface area contributed by atoms with E-state index in [1.807, 2.05) is 24.3 Å². The molecule has 1 aromatic heterocycles. The highest BCUT2D eigenvalue weighted by atomic mass is 35.5. The Morgan fingerprint density at radius 1 is 1.03 bits per heavy atom. The van der Waals surface area contributed by atoms with Crippen molar-refractivity contribution in [1.29, 1.82) is 0 Å². The lowest BCUT2D eigenvalue weighted by Gasteiger charge is -2.37. The topological polar surface area (TPSA) is 82.0 Å². The standard InChI is InChI=1S/C22H31ClN6O3S/c1-17(2)26-7-9-28(10-8-26)22(30)20-16-25(3)24-21(20)33(31,32)29-13-11-27(12-14-29)19-6-4-5-18(23)15-19/h4-6,15-17H,7-14H2,1-3H3. The first kappa shape index (κ1) is 24.0. The van der Waals surface area contributed by atoms with Gasteiger partial charge < -0.3 is 9.80 Å². The van der Waals surface area contributed by atoms with Gasteiger partial charge in [-0.2, -0.15) is 9.40 Å². The van der Waals surface area contributed by atoms with Gasteiger partial charge in [-0.3, -0.25) is 14.4 Å². The number of hydrogen-bond donors (Lipinski definition) is 0. The first-order chi connectivity index (χ1) is 15.7. The molecule has 2 aliphatic rings. The summed E-state index contributed by atoms with van der Waals surface area (Å²) >= 11 is 6.10. The van der Waals surface area contributed by atoms with Crippen molar-refractivity contribution in [2.24, 2.45) is 7.05 Å². The average molecular weight is 495 g/mol. The minimum Gasteiger partial charge on any atom is -0.369 e. The molecule has 180 valence electrons. The summed E-state index contributed by atoms with van der Waals surface area (Å²) in [7, 11) is -2.26. The Balaban J connectivity index is 1.48. The van der Waals surface area contributed by atoms with Gasteiger partial charge in [-0.15, -0.1) is 0 Å². The minimum atomic E-state index is -3.90. The predicted octanol–water partition coefficient (Wildman–Crippen LogP) is 1.75. The Bertz CT molecular complexity index is 1100. The van der Waals surface area contributed by atoms with Crippen LogP contribution in [0.4, 0.5) is 5.69 Å². The van der Waals surface area contributed by atoms with Crippen LogP contribution < -0.4 is 4.90 Å². The summed E-state index contributed by atoms with van der Waals surface area (Å²) in [5, 5.41) is 4.70. The molecule has 0 saturated carbocycles. The van der Waals surface area contributed by atoms with Crippen LogP contribution >= 0.6 is 11.6 Å². The van der Waals surface area contributed by atoms with E-state index in [9.17, 15) is 13.2 Å². The lowest BCUT2D eigenvalue weighted by atomic mass is 10.2. The number of anilines is 1. The van der Waals surface area contributed by atoms with Gasteiger partial charge >= 0.3 is 0 Å². The number of halogens is 1. The number of sulfonamides is 1. The van der Waals surface area contributed by atoms with E-state index in [4.69, 9.17) is 11.6 Å². The average Bonchev–Trinajstić information content (AvgIpc) is 3.21. The Labute approximate surface area is 200 Å². The van der Waals surface area contributed by atoms with Crippen LogP contribution in [0.25, 0.3) is 0 Å². The Kier molecular flexibility index (Phi) is 6.99. The van der Waals surface area contributed by atoms with Crippen LogP contribution in [0.2, 0.25) is 5.02 Å². The van der Waals surface area contributed by atoms with E-state index in [0.717, 1.165) is 18.8 Å². The van der Waals surface area contributed by atoms with Crippen molar-refractivity contribution in [3.63, 3.8) is 0 Å². The van der Waals surface area contributed by atoms with Gasteiger partial charge in [-0.25, -0.2) is 8.42 Å². The maximum Gasteiger partial charge on any atom is 0.263 e. The number of aromatic nitrogens is 2. The molecule has 0 N–H and O–H groups in total. The van der Waals surface area contributed by atoms with Crippen molar-refractivity contribution in [1.82, 2.24) is 23.9 Å². The van der Waals surface area contributed by atoms with Gasteiger partial charge in [0.2, 0.25) is 5.03 Å². The molecule has 2 aromatic rings. The van der Waals surface area contributed by atoms with Crippen LogP contribution in [-0.4, -0.2) is 96.6 Å². The first-order valence-electron chi connectivity index (χ1n) is 11.2. The molecule has 2 fully saturated rings. The normalized spacial score (nSPS) is 18.8. The zero-order chi connectivity index (χ0) is 23.8. The molecular formula is C22H31ClN6O3S. The van der Waals surface area contributed by atoms with Gasteiger partial charge in [0.05, 0.1) is 5.56 Å². The number of carbonyl (C=O) groups is 1. The summed E-state index contributed by atoms with van der Waals surface area (Å²) in [5.74, 6) is -0.275. The Morgan fingerprint density at radius 2 is 1.70 bits per heavy atom. The summed E-state index contributed by atoms with van der Waals surface area (Å²) < 4.78 is 29.8. The largest absolute Gasteiger partial charge is 0.369 e. The number of rotatable bonds is 5. The van der Waals surface area contributed by atoms with E-state index in [1.54, 1.807) is 11.9 Å². The third kappa shape index (κ3) is 5.03. The van der Waals surface area contributed by atoms with Gasteiger partial charge in [-0.05, 0) is 32.0 Å². The van der Waals surface area contributed by atoms with E-state index in [2.05, 4.69) is 28.7 Å². The molecule has 33 heavy (non-hydrogen) atoms. The molecule has 0 radical (unpaired) electrons. The van der Waals surface area contributed by atoms with Crippen LogP contribution in [-0.2, 0) is 17.1 Å². The van der Waals surface area contributed by atoms with Crippen molar-refractivity contribution in [2.45, 2.75) is 24.9 Å². The van der Waals surface area contributed by atoms with E-state index < -0.39 is 10.0 Å². The zero-order valence-corrected chi connectivity index (χ0v) is 20.9. The summed E-state index contributed by atoms with van der Waals surface area (Å²) in [6, 6.07) is 7.95. The molecule has 0 aliphatic carbocycles. The maximum atomic E-state index is 13.5. The highest BCUT2D eigenvalue weighted by Crippen LogP contribution is 2.25. The van der Waals surface area contributed by atoms with Crippen LogP contribution in [0.3, 0.4) is 0 Å². The Hall–Kier alpha value is -2.14. The smallest absolute Gasteiger partial charge is 0.263 e. The number of nitrogens with zero attached hydrogens (tertiary/aromatic N) is 6. The molecule has 1 amide bonds. The second-order valence-electron chi connectivity index (χ2n) is 8.81. The number of amides is 1. The quantitative estimate of drug-likeness (QED) is 0.630. The molecule has 2 aliphatic heterocycles. The van der Waals surface area contributed by atoms with Crippen molar-refractivity contribution in [3.8, 4) is 0 Å². The molecule has 1 aromatic carbocycles. The van der Waals surface area contributed by atoms with E-state index >= 15 is 0 Å².